The van der Waals surface area contributed by atoms with E-state index in [2.05, 4.69) is 42.7 Å². The van der Waals surface area contributed by atoms with Crippen molar-refractivity contribution in [3.8, 4) is 0 Å². The molecule has 3 atom stereocenters. The van der Waals surface area contributed by atoms with Gasteiger partial charge in [-0.05, 0) is 13.8 Å². The fraction of sp³-hybridized carbons (Fsp3) is 1.00. The minimum atomic E-state index is 0.455. The Bertz CT molecular complexity index is 192. The molecule has 4 heteroatoms. The van der Waals surface area contributed by atoms with Crippen LogP contribution in [0.3, 0.4) is 0 Å². The zero-order valence-electron chi connectivity index (χ0n) is 11.0. The highest BCUT2D eigenvalue weighted by Crippen LogP contribution is 2.23. The average Bonchev–Trinajstić information content (AvgIpc) is 2.25. The Kier molecular flexibility index (Phi) is 6.73. The summed E-state index contributed by atoms with van der Waals surface area (Å²) in [5, 5.41) is 4.26. The highest BCUT2D eigenvalue weighted by atomic mass is 32.2. The monoisotopic (exact) mass is 246 g/mol. The van der Waals surface area contributed by atoms with Gasteiger partial charge in [0.05, 0.1) is 6.61 Å². The van der Waals surface area contributed by atoms with Crippen LogP contribution in [0.2, 0.25) is 0 Å². The van der Waals surface area contributed by atoms with Crippen LogP contribution in [0, 0.1) is 0 Å². The van der Waals surface area contributed by atoms with Crippen molar-refractivity contribution in [1.82, 2.24) is 10.2 Å². The predicted octanol–water partition coefficient (Wildman–Crippen LogP) is 1.44. The summed E-state index contributed by atoms with van der Waals surface area (Å²) in [5.74, 6) is 1.28. The zero-order valence-corrected chi connectivity index (χ0v) is 11.8. The van der Waals surface area contributed by atoms with Gasteiger partial charge in [0.1, 0.15) is 0 Å². The summed E-state index contributed by atoms with van der Waals surface area (Å²) in [4.78, 5) is 2.59. The number of methoxy groups -OCH3 is 1. The molecule has 96 valence electrons. The van der Waals surface area contributed by atoms with E-state index in [-0.39, 0.29) is 0 Å². The van der Waals surface area contributed by atoms with Gasteiger partial charge in [-0.3, -0.25) is 4.90 Å². The average molecular weight is 246 g/mol. The van der Waals surface area contributed by atoms with Crippen LogP contribution >= 0.6 is 11.8 Å². The van der Waals surface area contributed by atoms with Crippen LogP contribution in [0.25, 0.3) is 0 Å². The molecule has 16 heavy (non-hydrogen) atoms. The number of nitrogens with one attached hydrogen (secondary N) is 1. The fourth-order valence-electron chi connectivity index (χ4n) is 2.07. The van der Waals surface area contributed by atoms with Gasteiger partial charge in [-0.1, -0.05) is 6.92 Å². The maximum absolute atomic E-state index is 5.10. The van der Waals surface area contributed by atoms with Crippen molar-refractivity contribution in [3.05, 3.63) is 0 Å². The third-order valence-corrected chi connectivity index (χ3v) is 4.66. The normalized spacial score (nSPS) is 29.2. The van der Waals surface area contributed by atoms with Crippen molar-refractivity contribution >= 4 is 11.8 Å². The number of thioether (sulfide) groups is 1. The molecule has 1 rings (SSSR count). The SMILES string of the molecule is COCC(C)NCCN1CCSC(C)C1C. The van der Waals surface area contributed by atoms with E-state index in [1.165, 1.54) is 12.3 Å². The van der Waals surface area contributed by atoms with E-state index in [0.29, 0.717) is 12.1 Å². The first-order chi connectivity index (χ1) is 7.65. The number of nitrogens with zero attached hydrogens (tertiary/aromatic N) is 1. The van der Waals surface area contributed by atoms with E-state index >= 15 is 0 Å². The minimum Gasteiger partial charge on any atom is -0.383 e. The summed E-state index contributed by atoms with van der Waals surface area (Å²) in [6.45, 7) is 11.1. The van der Waals surface area contributed by atoms with Gasteiger partial charge in [0, 0.05) is 49.8 Å². The zero-order chi connectivity index (χ0) is 12.0. The molecule has 1 fully saturated rings. The second kappa shape index (κ2) is 7.54. The molecule has 0 aromatic carbocycles. The van der Waals surface area contributed by atoms with Crippen LogP contribution in [-0.4, -0.2) is 61.3 Å². The van der Waals surface area contributed by atoms with Crippen LogP contribution < -0.4 is 5.32 Å². The first-order valence-electron chi connectivity index (χ1n) is 6.23. The lowest BCUT2D eigenvalue weighted by Crippen LogP contribution is -2.48. The van der Waals surface area contributed by atoms with Gasteiger partial charge in [0.2, 0.25) is 0 Å². The molecule has 0 saturated carbocycles. The Hall–Kier alpha value is 0.230. The Balaban J connectivity index is 2.16. The first kappa shape index (κ1) is 14.3. The second-order valence-corrected chi connectivity index (χ2v) is 6.15. The summed E-state index contributed by atoms with van der Waals surface area (Å²) in [7, 11) is 1.75. The summed E-state index contributed by atoms with van der Waals surface area (Å²) >= 11 is 2.10. The van der Waals surface area contributed by atoms with Gasteiger partial charge < -0.3 is 10.1 Å². The maximum atomic E-state index is 5.10. The molecule has 0 aromatic heterocycles. The molecule has 1 aliphatic heterocycles. The Morgan fingerprint density at radius 1 is 1.50 bits per heavy atom. The van der Waals surface area contributed by atoms with E-state index in [1.54, 1.807) is 7.11 Å². The van der Waals surface area contributed by atoms with Crippen LogP contribution in [0.1, 0.15) is 20.8 Å². The van der Waals surface area contributed by atoms with Crippen molar-refractivity contribution in [2.45, 2.75) is 38.1 Å². The smallest absolute Gasteiger partial charge is 0.0613 e. The van der Waals surface area contributed by atoms with Gasteiger partial charge in [-0.2, -0.15) is 11.8 Å². The first-order valence-corrected chi connectivity index (χ1v) is 7.28. The highest BCUT2D eigenvalue weighted by Gasteiger charge is 2.24. The molecule has 0 bridgehead atoms. The van der Waals surface area contributed by atoms with E-state index in [1.807, 2.05) is 0 Å². The third kappa shape index (κ3) is 4.62. The number of hydrogen-bond acceptors (Lipinski definition) is 4. The minimum absolute atomic E-state index is 0.455. The lowest BCUT2D eigenvalue weighted by atomic mass is 10.2. The van der Waals surface area contributed by atoms with Gasteiger partial charge >= 0.3 is 0 Å². The largest absolute Gasteiger partial charge is 0.383 e. The summed E-state index contributed by atoms with van der Waals surface area (Å²) in [6, 6.07) is 1.16. The van der Waals surface area contributed by atoms with Gasteiger partial charge in [0.25, 0.3) is 0 Å². The molecule has 1 saturated heterocycles. The molecule has 1 aliphatic rings. The molecule has 0 amide bonds. The summed E-state index contributed by atoms with van der Waals surface area (Å²) < 4.78 is 5.10. The topological polar surface area (TPSA) is 24.5 Å². The fourth-order valence-corrected chi connectivity index (χ4v) is 3.24. The van der Waals surface area contributed by atoms with E-state index in [4.69, 9.17) is 4.74 Å². The molecular weight excluding hydrogens is 220 g/mol. The summed E-state index contributed by atoms with van der Waals surface area (Å²) in [6.07, 6.45) is 0. The molecule has 3 nitrogen and oxygen atoms in total. The highest BCUT2D eigenvalue weighted by molar-refractivity contribution is 8.00. The predicted molar refractivity (Wildman–Crippen MR) is 72.3 cm³/mol. The molecule has 0 radical (unpaired) electrons. The maximum Gasteiger partial charge on any atom is 0.0613 e. The van der Waals surface area contributed by atoms with Crippen LogP contribution in [0.4, 0.5) is 0 Å². The van der Waals surface area contributed by atoms with Gasteiger partial charge in [0.15, 0.2) is 0 Å². The molecule has 1 N–H and O–H groups in total. The van der Waals surface area contributed by atoms with Crippen LogP contribution in [-0.2, 0) is 4.74 Å². The van der Waals surface area contributed by atoms with Crippen molar-refractivity contribution in [2.75, 3.05) is 39.1 Å². The van der Waals surface area contributed by atoms with Crippen molar-refractivity contribution < 1.29 is 4.74 Å². The molecule has 1 heterocycles. The second-order valence-electron chi connectivity index (χ2n) is 4.66. The quantitative estimate of drug-likeness (QED) is 0.766. The lowest BCUT2D eigenvalue weighted by molar-refractivity contribution is 0.164. The Morgan fingerprint density at radius 3 is 2.94 bits per heavy atom. The van der Waals surface area contributed by atoms with Crippen LogP contribution in [0.15, 0.2) is 0 Å². The summed E-state index contributed by atoms with van der Waals surface area (Å²) in [5.41, 5.74) is 0. The standard InChI is InChI=1S/C12H26N2OS/c1-10(9-15-4)13-5-6-14-7-8-16-12(3)11(14)2/h10-13H,5-9H2,1-4H3. The van der Waals surface area contributed by atoms with E-state index in [9.17, 15) is 0 Å². The Morgan fingerprint density at radius 2 is 2.25 bits per heavy atom. The number of hydrogen-bond donors (Lipinski definition) is 1. The Labute approximate surface area is 104 Å². The van der Waals surface area contributed by atoms with Crippen molar-refractivity contribution in [2.24, 2.45) is 0 Å². The van der Waals surface area contributed by atoms with Crippen molar-refractivity contribution in [1.29, 1.82) is 0 Å². The van der Waals surface area contributed by atoms with Gasteiger partial charge in [-0.15, -0.1) is 0 Å². The van der Waals surface area contributed by atoms with E-state index < -0.39 is 0 Å². The molecule has 0 aromatic rings. The molecule has 3 unspecified atom stereocenters. The van der Waals surface area contributed by atoms with E-state index in [0.717, 1.165) is 24.9 Å². The third-order valence-electron chi connectivity index (χ3n) is 3.32. The van der Waals surface area contributed by atoms with Gasteiger partial charge in [-0.25, -0.2) is 0 Å². The number of rotatable bonds is 6. The molecule has 0 aliphatic carbocycles. The number of ether oxygens (including phenoxy) is 1. The molecule has 0 spiro atoms. The lowest BCUT2D eigenvalue weighted by Gasteiger charge is -2.37. The molecular formula is C12H26N2OS. The van der Waals surface area contributed by atoms with Crippen LogP contribution in [0.5, 0.6) is 0 Å². The van der Waals surface area contributed by atoms with Crippen molar-refractivity contribution in [3.63, 3.8) is 0 Å².